The van der Waals surface area contributed by atoms with Crippen LogP contribution in [0.3, 0.4) is 0 Å². The minimum atomic E-state index is -0.480. The highest BCUT2D eigenvalue weighted by Gasteiger charge is 2.19. The number of nitrogens with one attached hydrogen (secondary N) is 1. The topological polar surface area (TPSA) is 75.0 Å². The van der Waals surface area contributed by atoms with E-state index in [1.807, 2.05) is 31.1 Å². The molecule has 1 N–H and O–H groups in total. The van der Waals surface area contributed by atoms with Gasteiger partial charge in [0.05, 0.1) is 12.8 Å². The van der Waals surface area contributed by atoms with Crippen LogP contribution < -0.4 is 10.2 Å². The normalized spacial score (nSPS) is 10.6. The van der Waals surface area contributed by atoms with E-state index < -0.39 is 11.7 Å². The zero-order valence-electron chi connectivity index (χ0n) is 18.3. The van der Waals surface area contributed by atoms with Gasteiger partial charge < -0.3 is 24.3 Å². The number of methoxy groups -OCH3 is 1. The molecule has 0 radical (unpaired) electrons. The number of nitrogens with zero attached hydrogens (tertiary/aromatic N) is 2. The van der Waals surface area contributed by atoms with E-state index in [1.54, 1.807) is 35.4 Å². The van der Waals surface area contributed by atoms with E-state index in [4.69, 9.17) is 9.15 Å². The van der Waals surface area contributed by atoms with E-state index in [-0.39, 0.29) is 31.2 Å². The van der Waals surface area contributed by atoms with Crippen molar-refractivity contribution in [1.29, 1.82) is 0 Å². The maximum Gasteiger partial charge on any atom is 0.255 e. The van der Waals surface area contributed by atoms with Gasteiger partial charge in [0.25, 0.3) is 5.91 Å². The van der Waals surface area contributed by atoms with Crippen LogP contribution in [0, 0.1) is 5.82 Å². The average Bonchev–Trinajstić information content (AvgIpc) is 3.26. The van der Waals surface area contributed by atoms with E-state index in [1.165, 1.54) is 25.3 Å². The van der Waals surface area contributed by atoms with E-state index in [0.717, 1.165) is 11.3 Å². The molecule has 168 valence electrons. The second-order valence-corrected chi connectivity index (χ2v) is 7.46. The molecule has 3 aromatic rings. The van der Waals surface area contributed by atoms with Gasteiger partial charge in [-0.1, -0.05) is 6.07 Å². The summed E-state index contributed by atoms with van der Waals surface area (Å²) >= 11 is 0. The molecular weight excluding hydrogens is 413 g/mol. The van der Waals surface area contributed by atoms with Crippen LogP contribution in [0.4, 0.5) is 15.8 Å². The summed E-state index contributed by atoms with van der Waals surface area (Å²) < 4.78 is 23.9. The number of hydrogen-bond acceptors (Lipinski definition) is 5. The van der Waals surface area contributed by atoms with Crippen LogP contribution in [0.15, 0.2) is 65.3 Å². The summed E-state index contributed by atoms with van der Waals surface area (Å²) in [4.78, 5) is 28.8. The second-order valence-electron chi connectivity index (χ2n) is 7.46. The lowest BCUT2D eigenvalue weighted by atomic mass is 10.1. The van der Waals surface area contributed by atoms with Crippen LogP contribution in [0.2, 0.25) is 0 Å². The van der Waals surface area contributed by atoms with Crippen LogP contribution in [0.1, 0.15) is 21.7 Å². The molecule has 0 saturated heterocycles. The lowest BCUT2D eigenvalue weighted by Crippen LogP contribution is -2.33. The van der Waals surface area contributed by atoms with Crippen molar-refractivity contribution in [3.05, 3.63) is 83.6 Å². The molecule has 8 heteroatoms. The molecule has 2 amide bonds. The fraction of sp³-hybridized carbons (Fsp3) is 0.250. The Morgan fingerprint density at radius 3 is 2.53 bits per heavy atom. The quantitative estimate of drug-likeness (QED) is 0.547. The predicted molar refractivity (Wildman–Crippen MR) is 120 cm³/mol. The number of furan rings is 1. The first-order valence-corrected chi connectivity index (χ1v) is 10.0. The van der Waals surface area contributed by atoms with Gasteiger partial charge in [0.15, 0.2) is 0 Å². The van der Waals surface area contributed by atoms with Crippen molar-refractivity contribution < 1.29 is 23.1 Å². The summed E-state index contributed by atoms with van der Waals surface area (Å²) in [6.45, 7) is 0.496. The minimum Gasteiger partial charge on any atom is -0.467 e. The van der Waals surface area contributed by atoms with Crippen molar-refractivity contribution in [1.82, 2.24) is 4.90 Å². The van der Waals surface area contributed by atoms with Crippen LogP contribution in [0.5, 0.6) is 0 Å². The first-order chi connectivity index (χ1) is 15.4. The molecule has 0 atom stereocenters. The Balaban J connectivity index is 1.86. The Kier molecular flexibility index (Phi) is 7.62. The van der Waals surface area contributed by atoms with Gasteiger partial charge in [-0.3, -0.25) is 9.59 Å². The van der Waals surface area contributed by atoms with Gasteiger partial charge in [-0.2, -0.15) is 0 Å². The summed E-state index contributed by atoms with van der Waals surface area (Å²) in [6, 6.07) is 14.5. The van der Waals surface area contributed by atoms with Crippen LogP contribution in [-0.2, 0) is 22.6 Å². The number of benzene rings is 2. The first kappa shape index (κ1) is 23.0. The van der Waals surface area contributed by atoms with Crippen molar-refractivity contribution in [2.45, 2.75) is 13.1 Å². The summed E-state index contributed by atoms with van der Waals surface area (Å²) in [5.74, 6) is -0.443. The minimum absolute atomic E-state index is 0.0615. The van der Waals surface area contributed by atoms with Crippen molar-refractivity contribution in [3.63, 3.8) is 0 Å². The number of carbonyl (C=O) groups is 2. The largest absolute Gasteiger partial charge is 0.467 e. The Morgan fingerprint density at radius 1 is 1.06 bits per heavy atom. The third-order valence-electron chi connectivity index (χ3n) is 4.81. The molecule has 0 unspecified atom stereocenters. The number of anilines is 2. The van der Waals surface area contributed by atoms with Crippen molar-refractivity contribution in [2.24, 2.45) is 0 Å². The van der Waals surface area contributed by atoms with Crippen LogP contribution >= 0.6 is 0 Å². The Bertz CT molecular complexity index is 1070. The lowest BCUT2D eigenvalue weighted by Gasteiger charge is -2.25. The highest BCUT2D eigenvalue weighted by atomic mass is 19.1. The molecule has 0 saturated carbocycles. The average molecular weight is 439 g/mol. The van der Waals surface area contributed by atoms with Crippen LogP contribution in [-0.4, -0.2) is 44.5 Å². The Labute approximate surface area is 186 Å². The molecule has 7 nitrogen and oxygen atoms in total. The van der Waals surface area contributed by atoms with Crippen LogP contribution in [0.25, 0.3) is 0 Å². The standard InChI is InChI=1S/C24H26FN3O4/c1-27(2)22-10-9-20(26-24(30)17-6-4-7-19(25)12-17)13-18(22)14-28(23(29)16-31-3)15-21-8-5-11-32-21/h4-13H,14-16H2,1-3H3,(H,26,30). The fourth-order valence-corrected chi connectivity index (χ4v) is 3.30. The summed E-state index contributed by atoms with van der Waals surface area (Å²) in [5.41, 5.74) is 2.47. The number of ether oxygens (including phenoxy) is 1. The summed E-state index contributed by atoms with van der Waals surface area (Å²) in [7, 11) is 5.27. The smallest absolute Gasteiger partial charge is 0.255 e. The van der Waals surface area contributed by atoms with E-state index in [2.05, 4.69) is 5.32 Å². The zero-order chi connectivity index (χ0) is 23.1. The van der Waals surface area contributed by atoms with Gasteiger partial charge in [0.1, 0.15) is 18.2 Å². The highest BCUT2D eigenvalue weighted by molar-refractivity contribution is 6.04. The van der Waals surface area contributed by atoms with E-state index >= 15 is 0 Å². The molecule has 1 aromatic heterocycles. The first-order valence-electron chi connectivity index (χ1n) is 10.0. The fourth-order valence-electron chi connectivity index (χ4n) is 3.30. The third kappa shape index (κ3) is 5.95. The summed E-state index contributed by atoms with van der Waals surface area (Å²) in [5, 5.41) is 2.79. The van der Waals surface area contributed by atoms with Gasteiger partial charge in [0.2, 0.25) is 5.91 Å². The third-order valence-corrected chi connectivity index (χ3v) is 4.81. The Hall–Kier alpha value is -3.65. The van der Waals surface area contributed by atoms with Gasteiger partial charge in [-0.15, -0.1) is 0 Å². The molecule has 3 rings (SSSR count). The molecule has 0 aliphatic heterocycles. The van der Waals surface area contributed by atoms with Crippen molar-refractivity contribution >= 4 is 23.2 Å². The zero-order valence-corrected chi connectivity index (χ0v) is 18.3. The monoisotopic (exact) mass is 439 g/mol. The molecular formula is C24H26FN3O4. The van der Waals surface area contributed by atoms with Crippen molar-refractivity contribution in [3.8, 4) is 0 Å². The predicted octanol–water partition coefficient (Wildman–Crippen LogP) is 3.91. The molecule has 32 heavy (non-hydrogen) atoms. The van der Waals surface area contributed by atoms with Crippen molar-refractivity contribution in [2.75, 3.05) is 38.0 Å². The highest BCUT2D eigenvalue weighted by Crippen LogP contribution is 2.26. The summed E-state index contributed by atoms with van der Waals surface area (Å²) in [6.07, 6.45) is 1.56. The molecule has 2 aromatic carbocycles. The molecule has 0 aliphatic carbocycles. The maximum absolute atomic E-state index is 13.5. The molecule has 1 heterocycles. The Morgan fingerprint density at radius 2 is 1.88 bits per heavy atom. The second kappa shape index (κ2) is 10.6. The molecule has 0 fully saturated rings. The van der Waals surface area contributed by atoms with E-state index in [9.17, 15) is 14.0 Å². The maximum atomic E-state index is 13.5. The number of amides is 2. The molecule has 0 spiro atoms. The van der Waals surface area contributed by atoms with Gasteiger partial charge in [-0.05, 0) is 54.1 Å². The lowest BCUT2D eigenvalue weighted by molar-refractivity contribution is -0.136. The number of carbonyl (C=O) groups excluding carboxylic acids is 2. The number of rotatable bonds is 9. The number of hydrogen-bond donors (Lipinski definition) is 1. The molecule has 0 aliphatic rings. The molecule has 0 bridgehead atoms. The van der Waals surface area contributed by atoms with Gasteiger partial charge in [-0.25, -0.2) is 4.39 Å². The number of halogens is 1. The SMILES string of the molecule is COCC(=O)N(Cc1ccco1)Cc1cc(NC(=O)c2cccc(F)c2)ccc1N(C)C. The van der Waals surface area contributed by atoms with Gasteiger partial charge >= 0.3 is 0 Å². The van der Waals surface area contributed by atoms with Gasteiger partial charge in [0, 0.05) is 44.7 Å². The van der Waals surface area contributed by atoms with E-state index in [0.29, 0.717) is 11.4 Å².